The van der Waals surface area contributed by atoms with Crippen molar-refractivity contribution in [3.05, 3.63) is 40.4 Å². The van der Waals surface area contributed by atoms with Crippen LogP contribution >= 0.6 is 34.5 Å². The minimum Gasteiger partial charge on any atom is -0.478 e. The Balaban J connectivity index is 1.65. The lowest BCUT2D eigenvalue weighted by atomic mass is 10.1. The Morgan fingerprint density at radius 2 is 1.89 bits per heavy atom. The lowest BCUT2D eigenvalue weighted by molar-refractivity contribution is -0.128. The molecule has 1 unspecified atom stereocenters. The summed E-state index contributed by atoms with van der Waals surface area (Å²) in [5.74, 6) is -0.258. The van der Waals surface area contributed by atoms with Crippen molar-refractivity contribution in [2.75, 3.05) is 12.4 Å². The van der Waals surface area contributed by atoms with E-state index in [9.17, 15) is 9.59 Å². The average molecular weight is 443 g/mol. The van der Waals surface area contributed by atoms with Crippen molar-refractivity contribution in [3.8, 4) is 5.75 Å². The summed E-state index contributed by atoms with van der Waals surface area (Å²) in [6.07, 6.45) is 0.727. The van der Waals surface area contributed by atoms with Gasteiger partial charge in [-0.25, -0.2) is 9.78 Å². The minimum atomic E-state index is -1.16. The second-order valence-corrected chi connectivity index (χ2v) is 9.81. The van der Waals surface area contributed by atoms with E-state index in [0.717, 1.165) is 12.0 Å². The van der Waals surface area contributed by atoms with Gasteiger partial charge in [0.1, 0.15) is 10.1 Å². The fourth-order valence-corrected chi connectivity index (χ4v) is 4.02. The predicted molar refractivity (Wildman–Crippen MR) is 110 cm³/mol. The van der Waals surface area contributed by atoms with Crippen molar-refractivity contribution >= 4 is 51.5 Å². The average Bonchev–Trinajstić information content (AvgIpc) is 3.10. The van der Waals surface area contributed by atoms with E-state index >= 15 is 0 Å². The standard InChI is InChI=1S/C19H20Cl2N2O4S/c1-10-14(15(24)26-4)22-17(28-10)23-16(25)18(2,3)27-12-7-5-11(6-8-12)13-9-19(13,20)21/h5-8,13H,9H2,1-4H3,(H,22,23,25). The maximum Gasteiger partial charge on any atom is 0.357 e. The summed E-state index contributed by atoms with van der Waals surface area (Å²) in [4.78, 5) is 29.1. The number of anilines is 1. The van der Waals surface area contributed by atoms with Crippen molar-refractivity contribution in [1.29, 1.82) is 0 Å². The van der Waals surface area contributed by atoms with Crippen LogP contribution in [0.2, 0.25) is 0 Å². The number of aromatic nitrogens is 1. The van der Waals surface area contributed by atoms with Crippen LogP contribution in [0.25, 0.3) is 0 Å². The molecule has 0 radical (unpaired) electrons. The highest BCUT2D eigenvalue weighted by atomic mass is 35.5. The molecule has 1 N–H and O–H groups in total. The van der Waals surface area contributed by atoms with E-state index in [2.05, 4.69) is 15.0 Å². The maximum absolute atomic E-state index is 12.6. The van der Waals surface area contributed by atoms with Gasteiger partial charge < -0.3 is 9.47 Å². The number of aryl methyl sites for hydroxylation is 1. The van der Waals surface area contributed by atoms with Gasteiger partial charge in [-0.15, -0.1) is 34.5 Å². The minimum absolute atomic E-state index is 0.123. The van der Waals surface area contributed by atoms with Crippen molar-refractivity contribution in [3.63, 3.8) is 0 Å². The molecule has 150 valence electrons. The number of methoxy groups -OCH3 is 1. The fourth-order valence-electron chi connectivity index (χ4n) is 2.67. The molecule has 6 nitrogen and oxygen atoms in total. The summed E-state index contributed by atoms with van der Waals surface area (Å²) in [7, 11) is 1.28. The van der Waals surface area contributed by atoms with Gasteiger partial charge in [0.2, 0.25) is 0 Å². The lowest BCUT2D eigenvalue weighted by Gasteiger charge is -2.24. The van der Waals surface area contributed by atoms with Crippen molar-refractivity contribution in [1.82, 2.24) is 4.98 Å². The molecule has 0 saturated heterocycles. The van der Waals surface area contributed by atoms with E-state index in [0.29, 0.717) is 15.8 Å². The zero-order valence-corrected chi connectivity index (χ0v) is 18.2. The number of carbonyl (C=O) groups excluding carboxylic acids is 2. The summed E-state index contributed by atoms with van der Waals surface area (Å²) in [6, 6.07) is 7.37. The number of rotatable bonds is 6. The monoisotopic (exact) mass is 442 g/mol. The van der Waals surface area contributed by atoms with Crippen LogP contribution in [0.15, 0.2) is 24.3 Å². The number of benzene rings is 1. The molecule has 1 aromatic carbocycles. The molecule has 1 aliphatic rings. The number of nitrogens with zero attached hydrogens (tertiary/aromatic N) is 1. The van der Waals surface area contributed by atoms with E-state index in [1.54, 1.807) is 32.9 Å². The molecular formula is C19H20Cl2N2O4S. The first kappa shape index (κ1) is 20.9. The third-order valence-corrected chi connectivity index (χ3v) is 6.15. The summed E-state index contributed by atoms with van der Waals surface area (Å²) in [5, 5.41) is 3.00. The predicted octanol–water partition coefficient (Wildman–Crippen LogP) is 4.70. The van der Waals surface area contributed by atoms with Gasteiger partial charge in [0.25, 0.3) is 5.91 Å². The van der Waals surface area contributed by atoms with Crippen molar-refractivity contribution in [2.24, 2.45) is 0 Å². The van der Waals surface area contributed by atoms with Gasteiger partial charge in [0, 0.05) is 10.8 Å². The molecule has 0 spiro atoms. The molecule has 1 fully saturated rings. The highest BCUT2D eigenvalue weighted by Gasteiger charge is 2.52. The molecule has 0 bridgehead atoms. The number of amides is 1. The van der Waals surface area contributed by atoms with Gasteiger partial charge >= 0.3 is 5.97 Å². The second-order valence-electron chi connectivity index (χ2n) is 7.07. The number of hydrogen-bond donors (Lipinski definition) is 1. The molecule has 1 atom stereocenters. The van der Waals surface area contributed by atoms with Crippen molar-refractivity contribution < 1.29 is 19.1 Å². The number of ether oxygens (including phenoxy) is 2. The number of halogens is 2. The molecule has 9 heteroatoms. The highest BCUT2D eigenvalue weighted by molar-refractivity contribution is 7.16. The number of thiazole rings is 1. The van der Waals surface area contributed by atoms with Crippen LogP contribution < -0.4 is 10.1 Å². The Bertz CT molecular complexity index is 909. The van der Waals surface area contributed by atoms with Gasteiger partial charge in [-0.05, 0) is 44.9 Å². The Labute approximate surface area is 177 Å². The number of carbonyl (C=O) groups is 2. The molecule has 0 aliphatic heterocycles. The van der Waals surface area contributed by atoms with Crippen LogP contribution in [0.5, 0.6) is 5.75 Å². The van der Waals surface area contributed by atoms with Gasteiger partial charge in [0.15, 0.2) is 16.4 Å². The lowest BCUT2D eigenvalue weighted by Crippen LogP contribution is -2.42. The number of nitrogens with one attached hydrogen (secondary N) is 1. The van der Waals surface area contributed by atoms with Gasteiger partial charge in [-0.2, -0.15) is 0 Å². The van der Waals surface area contributed by atoms with Crippen LogP contribution in [-0.4, -0.2) is 33.9 Å². The molecule has 1 heterocycles. The molecule has 3 rings (SSSR count). The first-order valence-corrected chi connectivity index (χ1v) is 10.1. The van der Waals surface area contributed by atoms with E-state index in [1.807, 2.05) is 12.1 Å². The summed E-state index contributed by atoms with van der Waals surface area (Å²) < 4.78 is 9.85. The third-order valence-electron chi connectivity index (χ3n) is 4.42. The van der Waals surface area contributed by atoms with Crippen LogP contribution in [0.3, 0.4) is 0 Å². The van der Waals surface area contributed by atoms with Crippen LogP contribution in [0.1, 0.15) is 47.1 Å². The van der Waals surface area contributed by atoms with E-state index in [-0.39, 0.29) is 17.5 Å². The topological polar surface area (TPSA) is 77.5 Å². The summed E-state index contributed by atoms with van der Waals surface area (Å²) in [5.41, 5.74) is 0.0644. The number of hydrogen-bond acceptors (Lipinski definition) is 6. The van der Waals surface area contributed by atoms with Crippen LogP contribution in [-0.2, 0) is 9.53 Å². The Hall–Kier alpha value is -1.83. The van der Waals surface area contributed by atoms with Gasteiger partial charge in [-0.1, -0.05) is 12.1 Å². The third kappa shape index (κ3) is 4.42. The zero-order valence-electron chi connectivity index (χ0n) is 15.8. The molecule has 1 aliphatic carbocycles. The molecular weight excluding hydrogens is 423 g/mol. The molecule has 1 saturated carbocycles. The Morgan fingerprint density at radius 3 is 2.43 bits per heavy atom. The number of esters is 1. The van der Waals surface area contributed by atoms with Gasteiger partial charge in [-0.3, -0.25) is 10.1 Å². The number of alkyl halides is 2. The van der Waals surface area contributed by atoms with Gasteiger partial charge in [0.05, 0.1) is 7.11 Å². The largest absolute Gasteiger partial charge is 0.478 e. The first-order valence-electron chi connectivity index (χ1n) is 8.57. The highest BCUT2D eigenvalue weighted by Crippen LogP contribution is 2.59. The van der Waals surface area contributed by atoms with E-state index < -0.39 is 15.9 Å². The van der Waals surface area contributed by atoms with E-state index in [1.165, 1.54) is 18.4 Å². The molecule has 28 heavy (non-hydrogen) atoms. The molecule has 1 aromatic heterocycles. The van der Waals surface area contributed by atoms with Crippen LogP contribution in [0.4, 0.5) is 5.13 Å². The molecule has 1 amide bonds. The zero-order chi connectivity index (χ0) is 20.7. The first-order chi connectivity index (χ1) is 13.0. The normalized spacial score (nSPS) is 17.7. The quantitative estimate of drug-likeness (QED) is 0.518. The maximum atomic E-state index is 12.6. The summed E-state index contributed by atoms with van der Waals surface area (Å²) >= 11 is 13.4. The molecule has 2 aromatic rings. The van der Waals surface area contributed by atoms with Crippen LogP contribution in [0, 0.1) is 6.92 Å². The smallest absolute Gasteiger partial charge is 0.357 e. The second kappa shape index (κ2) is 7.54. The van der Waals surface area contributed by atoms with Crippen molar-refractivity contribution in [2.45, 2.75) is 43.0 Å². The Morgan fingerprint density at radius 1 is 1.29 bits per heavy atom. The Kier molecular flexibility index (Phi) is 5.62. The fraction of sp³-hybridized carbons (Fsp3) is 0.421. The SMILES string of the molecule is COC(=O)c1nc(NC(=O)C(C)(C)Oc2ccc(C3CC3(Cl)Cl)cc2)sc1C. The van der Waals surface area contributed by atoms with E-state index in [4.69, 9.17) is 27.9 Å². The summed E-state index contributed by atoms with van der Waals surface area (Å²) in [6.45, 7) is 5.04.